The first-order valence-corrected chi connectivity index (χ1v) is 5.91. The van der Waals surface area contributed by atoms with Gasteiger partial charge in [0.05, 0.1) is 14.2 Å². The van der Waals surface area contributed by atoms with Gasteiger partial charge in [0, 0.05) is 6.54 Å². The number of carbonyl (C=O) groups is 1. The molecular formula is C12H15N5O3. The second kappa shape index (κ2) is 6.50. The van der Waals surface area contributed by atoms with Crippen molar-refractivity contribution in [2.75, 3.05) is 14.2 Å². The number of benzene rings is 1. The Kier molecular flexibility index (Phi) is 4.48. The van der Waals surface area contributed by atoms with Crippen molar-refractivity contribution in [1.82, 2.24) is 25.5 Å². The Hall–Kier alpha value is -2.64. The van der Waals surface area contributed by atoms with E-state index in [4.69, 9.17) is 9.47 Å². The summed E-state index contributed by atoms with van der Waals surface area (Å²) in [4.78, 5) is 11.7. The van der Waals surface area contributed by atoms with E-state index in [2.05, 4.69) is 20.8 Å². The first-order chi connectivity index (χ1) is 9.72. The molecule has 1 aromatic heterocycles. The number of nitrogens with zero attached hydrogens (tertiary/aromatic N) is 4. The minimum Gasteiger partial charge on any atom is -0.493 e. The maximum atomic E-state index is 11.7. The summed E-state index contributed by atoms with van der Waals surface area (Å²) in [5, 5.41) is 13.3. The highest BCUT2D eigenvalue weighted by Crippen LogP contribution is 2.27. The molecule has 0 spiro atoms. The molecule has 20 heavy (non-hydrogen) atoms. The zero-order chi connectivity index (χ0) is 14.4. The first-order valence-electron chi connectivity index (χ1n) is 5.91. The van der Waals surface area contributed by atoms with Gasteiger partial charge in [-0.3, -0.25) is 4.79 Å². The van der Waals surface area contributed by atoms with Crippen LogP contribution >= 0.6 is 0 Å². The van der Waals surface area contributed by atoms with Gasteiger partial charge >= 0.3 is 0 Å². The van der Waals surface area contributed by atoms with Gasteiger partial charge in [-0.2, -0.15) is 0 Å². The molecule has 0 bridgehead atoms. The van der Waals surface area contributed by atoms with E-state index in [0.717, 1.165) is 5.56 Å². The van der Waals surface area contributed by atoms with Gasteiger partial charge < -0.3 is 14.8 Å². The molecular weight excluding hydrogens is 262 g/mol. The lowest BCUT2D eigenvalue weighted by molar-refractivity contribution is -0.122. The molecule has 0 atom stereocenters. The number of tetrazole rings is 1. The SMILES string of the molecule is COc1ccc(CNC(=O)Cn2cnnn2)cc1OC. The third-order valence-electron chi connectivity index (χ3n) is 2.63. The standard InChI is InChI=1S/C12H15N5O3/c1-19-10-4-3-9(5-11(10)20-2)6-13-12(18)7-17-8-14-15-16-17/h3-5,8H,6-7H2,1-2H3,(H,13,18). The zero-order valence-electron chi connectivity index (χ0n) is 11.2. The Bertz CT molecular complexity index is 570. The smallest absolute Gasteiger partial charge is 0.242 e. The summed E-state index contributed by atoms with van der Waals surface area (Å²) in [5.74, 6) is 1.10. The van der Waals surface area contributed by atoms with Crippen molar-refractivity contribution in [3.63, 3.8) is 0 Å². The van der Waals surface area contributed by atoms with Gasteiger partial charge in [0.15, 0.2) is 11.5 Å². The van der Waals surface area contributed by atoms with Crippen LogP contribution in [0.15, 0.2) is 24.5 Å². The third-order valence-corrected chi connectivity index (χ3v) is 2.63. The second-order valence-corrected chi connectivity index (χ2v) is 3.97. The number of rotatable bonds is 6. The molecule has 0 unspecified atom stereocenters. The average Bonchev–Trinajstić information content (AvgIpc) is 2.97. The Balaban J connectivity index is 1.92. The molecule has 106 valence electrons. The molecule has 1 amide bonds. The summed E-state index contributed by atoms with van der Waals surface area (Å²) < 4.78 is 11.7. The van der Waals surface area contributed by atoms with Crippen LogP contribution in [-0.2, 0) is 17.9 Å². The van der Waals surface area contributed by atoms with Gasteiger partial charge in [0.1, 0.15) is 12.9 Å². The minimum atomic E-state index is -0.174. The fourth-order valence-corrected chi connectivity index (χ4v) is 1.65. The molecule has 1 N–H and O–H groups in total. The number of carbonyl (C=O) groups excluding carboxylic acids is 1. The summed E-state index contributed by atoms with van der Waals surface area (Å²) in [7, 11) is 3.14. The van der Waals surface area contributed by atoms with Crippen LogP contribution in [-0.4, -0.2) is 40.3 Å². The van der Waals surface area contributed by atoms with Crippen molar-refractivity contribution in [3.8, 4) is 11.5 Å². The van der Waals surface area contributed by atoms with Crippen LogP contribution in [0.4, 0.5) is 0 Å². The van der Waals surface area contributed by atoms with Gasteiger partial charge in [-0.05, 0) is 28.1 Å². The predicted octanol–water partition coefficient (Wildman–Crippen LogP) is 0.00670. The molecule has 2 aromatic rings. The van der Waals surface area contributed by atoms with Crippen LogP contribution < -0.4 is 14.8 Å². The number of amides is 1. The number of methoxy groups -OCH3 is 2. The molecule has 0 aliphatic heterocycles. The number of aromatic nitrogens is 4. The van der Waals surface area contributed by atoms with E-state index in [9.17, 15) is 4.79 Å². The normalized spacial score (nSPS) is 10.1. The van der Waals surface area contributed by atoms with Crippen LogP contribution in [0.2, 0.25) is 0 Å². The lowest BCUT2D eigenvalue weighted by atomic mass is 10.2. The number of hydrogen-bond acceptors (Lipinski definition) is 6. The fourth-order valence-electron chi connectivity index (χ4n) is 1.65. The van der Waals surface area contributed by atoms with Crippen LogP contribution in [0.3, 0.4) is 0 Å². The molecule has 0 saturated heterocycles. The van der Waals surface area contributed by atoms with Gasteiger partial charge in [-0.15, -0.1) is 5.10 Å². The Morgan fingerprint density at radius 3 is 2.75 bits per heavy atom. The van der Waals surface area contributed by atoms with Crippen molar-refractivity contribution >= 4 is 5.91 Å². The van der Waals surface area contributed by atoms with E-state index in [1.54, 1.807) is 20.3 Å². The monoisotopic (exact) mass is 277 g/mol. The molecule has 0 radical (unpaired) electrons. The summed E-state index contributed by atoms with van der Waals surface area (Å²) >= 11 is 0. The van der Waals surface area contributed by atoms with Gasteiger partial charge in [0.2, 0.25) is 5.91 Å². The van der Waals surface area contributed by atoms with Crippen molar-refractivity contribution in [3.05, 3.63) is 30.1 Å². The molecule has 8 nitrogen and oxygen atoms in total. The maximum absolute atomic E-state index is 11.7. The summed E-state index contributed by atoms with van der Waals surface area (Å²) in [6.07, 6.45) is 1.38. The molecule has 2 rings (SSSR count). The van der Waals surface area contributed by atoms with Crippen LogP contribution in [0.5, 0.6) is 11.5 Å². The minimum absolute atomic E-state index is 0.0836. The number of nitrogens with one attached hydrogen (secondary N) is 1. The molecule has 0 fully saturated rings. The molecule has 1 heterocycles. The van der Waals surface area contributed by atoms with Gasteiger partial charge in [-0.25, -0.2) is 4.68 Å². The topological polar surface area (TPSA) is 91.2 Å². The largest absolute Gasteiger partial charge is 0.493 e. The van der Waals surface area contributed by atoms with Crippen LogP contribution in [0, 0.1) is 0 Å². The Morgan fingerprint density at radius 1 is 1.30 bits per heavy atom. The van der Waals surface area contributed by atoms with Gasteiger partial charge in [0.25, 0.3) is 0 Å². The van der Waals surface area contributed by atoms with E-state index in [1.165, 1.54) is 11.0 Å². The highest BCUT2D eigenvalue weighted by molar-refractivity contribution is 5.75. The lowest BCUT2D eigenvalue weighted by Crippen LogP contribution is -2.27. The predicted molar refractivity (Wildman–Crippen MR) is 69.2 cm³/mol. The number of ether oxygens (including phenoxy) is 2. The summed E-state index contributed by atoms with van der Waals surface area (Å²) in [5.41, 5.74) is 0.910. The second-order valence-electron chi connectivity index (χ2n) is 3.97. The van der Waals surface area contributed by atoms with E-state index in [-0.39, 0.29) is 12.5 Å². The quantitative estimate of drug-likeness (QED) is 0.799. The zero-order valence-corrected chi connectivity index (χ0v) is 11.2. The highest BCUT2D eigenvalue weighted by atomic mass is 16.5. The van der Waals surface area contributed by atoms with Crippen molar-refractivity contribution in [1.29, 1.82) is 0 Å². The van der Waals surface area contributed by atoms with Gasteiger partial charge in [-0.1, -0.05) is 6.07 Å². The van der Waals surface area contributed by atoms with Crippen molar-refractivity contribution < 1.29 is 14.3 Å². The van der Waals surface area contributed by atoms with E-state index in [0.29, 0.717) is 18.0 Å². The Morgan fingerprint density at radius 2 is 2.10 bits per heavy atom. The summed E-state index contributed by atoms with van der Waals surface area (Å²) in [6, 6.07) is 5.47. The lowest BCUT2D eigenvalue weighted by Gasteiger charge is -2.10. The molecule has 1 aromatic carbocycles. The van der Waals surface area contributed by atoms with Crippen molar-refractivity contribution in [2.45, 2.75) is 13.1 Å². The van der Waals surface area contributed by atoms with E-state index < -0.39 is 0 Å². The first kappa shape index (κ1) is 13.8. The summed E-state index contributed by atoms with van der Waals surface area (Å²) in [6.45, 7) is 0.474. The third kappa shape index (κ3) is 3.44. The van der Waals surface area contributed by atoms with Crippen molar-refractivity contribution in [2.24, 2.45) is 0 Å². The van der Waals surface area contributed by atoms with E-state index in [1.807, 2.05) is 12.1 Å². The maximum Gasteiger partial charge on any atom is 0.242 e. The molecule has 8 heteroatoms. The van der Waals surface area contributed by atoms with Crippen LogP contribution in [0.25, 0.3) is 0 Å². The van der Waals surface area contributed by atoms with E-state index >= 15 is 0 Å². The molecule has 0 saturated carbocycles. The molecule has 0 aliphatic carbocycles. The van der Waals surface area contributed by atoms with Crippen LogP contribution in [0.1, 0.15) is 5.56 Å². The Labute approximate surface area is 115 Å². The average molecular weight is 277 g/mol. The number of hydrogen-bond donors (Lipinski definition) is 1. The highest BCUT2D eigenvalue weighted by Gasteiger charge is 2.07. The molecule has 0 aliphatic rings. The fraction of sp³-hybridized carbons (Fsp3) is 0.333.